The third kappa shape index (κ3) is 1.83. The predicted octanol–water partition coefficient (Wildman–Crippen LogP) is 3.28. The van der Waals surface area contributed by atoms with E-state index in [0.717, 1.165) is 26.6 Å². The molecule has 0 aliphatic heterocycles. The molecule has 18 heavy (non-hydrogen) atoms. The zero-order valence-corrected chi connectivity index (χ0v) is 11.1. The molecule has 1 aromatic heterocycles. The number of halogens is 1. The van der Waals surface area contributed by atoms with Crippen molar-refractivity contribution < 1.29 is 5.11 Å². The molecule has 1 N–H and O–H groups in total. The molecule has 0 saturated carbocycles. The van der Waals surface area contributed by atoms with Crippen LogP contribution in [0.25, 0.3) is 16.6 Å². The lowest BCUT2D eigenvalue weighted by Crippen LogP contribution is -1.98. The number of fused-ring (bicyclic) bond motifs is 1. The number of hydrogen-bond donors (Lipinski definition) is 1. The molecule has 0 fully saturated rings. The zero-order chi connectivity index (χ0) is 12.5. The van der Waals surface area contributed by atoms with Gasteiger partial charge in [-0.05, 0) is 39.7 Å². The standard InChI is InChI=1S/C14H11BrN2O/c15-12-7-10(9-18)5-6-14(12)17-13-4-2-1-3-11(13)8-16-17/h1-8,18H,9H2. The van der Waals surface area contributed by atoms with E-state index < -0.39 is 0 Å². The molecule has 0 spiro atoms. The van der Waals surface area contributed by atoms with Gasteiger partial charge in [-0.15, -0.1) is 0 Å². The fourth-order valence-corrected chi connectivity index (χ4v) is 2.58. The molecule has 2 aromatic carbocycles. The fraction of sp³-hybridized carbons (Fsp3) is 0.0714. The number of aliphatic hydroxyl groups is 1. The average molecular weight is 303 g/mol. The van der Waals surface area contributed by atoms with Crippen LogP contribution in [0.4, 0.5) is 0 Å². The Hall–Kier alpha value is -1.65. The smallest absolute Gasteiger partial charge is 0.0795 e. The van der Waals surface area contributed by atoms with Crippen LogP contribution in [0.15, 0.2) is 53.1 Å². The Morgan fingerprint density at radius 2 is 2.00 bits per heavy atom. The summed E-state index contributed by atoms with van der Waals surface area (Å²) in [4.78, 5) is 0. The third-order valence-electron chi connectivity index (χ3n) is 2.90. The van der Waals surface area contributed by atoms with Crippen molar-refractivity contribution in [1.29, 1.82) is 0 Å². The van der Waals surface area contributed by atoms with Gasteiger partial charge >= 0.3 is 0 Å². The van der Waals surface area contributed by atoms with Crippen LogP contribution in [0.5, 0.6) is 0 Å². The summed E-state index contributed by atoms with van der Waals surface area (Å²) in [6.07, 6.45) is 1.85. The molecule has 0 amide bonds. The summed E-state index contributed by atoms with van der Waals surface area (Å²) in [6.45, 7) is 0.0404. The Morgan fingerprint density at radius 1 is 1.17 bits per heavy atom. The Bertz CT molecular complexity index is 706. The van der Waals surface area contributed by atoms with Gasteiger partial charge in [-0.25, -0.2) is 4.68 Å². The maximum absolute atomic E-state index is 9.11. The van der Waals surface area contributed by atoms with E-state index in [2.05, 4.69) is 21.0 Å². The Kier molecular flexibility index (Phi) is 2.89. The van der Waals surface area contributed by atoms with Crippen LogP contribution in [0, 0.1) is 0 Å². The number of hydrogen-bond acceptors (Lipinski definition) is 2. The number of rotatable bonds is 2. The molecule has 3 aromatic rings. The summed E-state index contributed by atoms with van der Waals surface area (Å²) in [7, 11) is 0. The predicted molar refractivity (Wildman–Crippen MR) is 74.7 cm³/mol. The average Bonchev–Trinajstić information content (AvgIpc) is 2.82. The van der Waals surface area contributed by atoms with Crippen LogP contribution in [0.3, 0.4) is 0 Å². The molecule has 0 radical (unpaired) electrons. The highest BCUT2D eigenvalue weighted by molar-refractivity contribution is 9.10. The summed E-state index contributed by atoms with van der Waals surface area (Å²) >= 11 is 3.52. The number of benzene rings is 2. The first-order valence-electron chi connectivity index (χ1n) is 5.62. The molecule has 0 saturated heterocycles. The van der Waals surface area contributed by atoms with E-state index in [1.807, 2.05) is 53.3 Å². The minimum Gasteiger partial charge on any atom is -0.392 e. The summed E-state index contributed by atoms with van der Waals surface area (Å²) in [5, 5.41) is 14.6. The van der Waals surface area contributed by atoms with Crippen molar-refractivity contribution in [3.05, 3.63) is 58.7 Å². The van der Waals surface area contributed by atoms with Crippen molar-refractivity contribution in [2.24, 2.45) is 0 Å². The van der Waals surface area contributed by atoms with Gasteiger partial charge in [0.25, 0.3) is 0 Å². The number of nitrogens with zero attached hydrogens (tertiary/aromatic N) is 2. The van der Waals surface area contributed by atoms with Crippen LogP contribution < -0.4 is 0 Å². The van der Waals surface area contributed by atoms with Crippen molar-refractivity contribution in [3.8, 4) is 5.69 Å². The van der Waals surface area contributed by atoms with Gasteiger partial charge in [0, 0.05) is 9.86 Å². The van der Waals surface area contributed by atoms with E-state index in [0.29, 0.717) is 0 Å². The summed E-state index contributed by atoms with van der Waals surface area (Å²) in [6, 6.07) is 13.8. The second-order valence-electron chi connectivity index (χ2n) is 4.06. The first-order valence-corrected chi connectivity index (χ1v) is 6.41. The molecule has 0 bridgehead atoms. The number of para-hydroxylation sites is 1. The zero-order valence-electron chi connectivity index (χ0n) is 9.55. The van der Waals surface area contributed by atoms with Crippen molar-refractivity contribution in [2.75, 3.05) is 0 Å². The monoisotopic (exact) mass is 302 g/mol. The lowest BCUT2D eigenvalue weighted by molar-refractivity contribution is 0.282. The van der Waals surface area contributed by atoms with Crippen LogP contribution in [0.2, 0.25) is 0 Å². The SMILES string of the molecule is OCc1ccc(-n2ncc3ccccc32)c(Br)c1. The second kappa shape index (κ2) is 4.55. The molecule has 0 atom stereocenters. The molecular formula is C14H11BrN2O. The van der Waals surface area contributed by atoms with E-state index in [-0.39, 0.29) is 6.61 Å². The minimum absolute atomic E-state index is 0.0404. The first kappa shape index (κ1) is 11.4. The van der Waals surface area contributed by atoms with E-state index in [1.165, 1.54) is 0 Å². The van der Waals surface area contributed by atoms with Gasteiger partial charge in [0.15, 0.2) is 0 Å². The second-order valence-corrected chi connectivity index (χ2v) is 4.91. The minimum atomic E-state index is 0.0404. The molecule has 3 rings (SSSR count). The van der Waals surface area contributed by atoms with Gasteiger partial charge in [0.05, 0.1) is 24.0 Å². The maximum atomic E-state index is 9.11. The van der Waals surface area contributed by atoms with Crippen molar-refractivity contribution in [1.82, 2.24) is 9.78 Å². The highest BCUT2D eigenvalue weighted by atomic mass is 79.9. The molecule has 1 heterocycles. The van der Waals surface area contributed by atoms with E-state index in [4.69, 9.17) is 5.11 Å². The quantitative estimate of drug-likeness (QED) is 0.789. The fourth-order valence-electron chi connectivity index (χ4n) is 1.98. The Balaban J connectivity index is 2.20. The van der Waals surface area contributed by atoms with Crippen LogP contribution in [-0.2, 0) is 6.61 Å². The molecule has 0 aliphatic carbocycles. The van der Waals surface area contributed by atoms with Gasteiger partial charge in [-0.3, -0.25) is 0 Å². The van der Waals surface area contributed by atoms with Gasteiger partial charge in [-0.1, -0.05) is 24.3 Å². The largest absolute Gasteiger partial charge is 0.392 e. The lowest BCUT2D eigenvalue weighted by Gasteiger charge is -2.07. The van der Waals surface area contributed by atoms with Crippen LogP contribution >= 0.6 is 15.9 Å². The molecular weight excluding hydrogens is 292 g/mol. The Morgan fingerprint density at radius 3 is 2.78 bits per heavy atom. The van der Waals surface area contributed by atoms with E-state index in [1.54, 1.807) is 0 Å². The van der Waals surface area contributed by atoms with Gasteiger partial charge in [-0.2, -0.15) is 5.10 Å². The highest BCUT2D eigenvalue weighted by Crippen LogP contribution is 2.25. The van der Waals surface area contributed by atoms with Gasteiger partial charge in [0.2, 0.25) is 0 Å². The van der Waals surface area contributed by atoms with Crippen LogP contribution in [0.1, 0.15) is 5.56 Å². The molecule has 0 aliphatic rings. The van der Waals surface area contributed by atoms with E-state index in [9.17, 15) is 0 Å². The topological polar surface area (TPSA) is 38.0 Å². The highest BCUT2D eigenvalue weighted by Gasteiger charge is 2.08. The lowest BCUT2D eigenvalue weighted by atomic mass is 10.2. The van der Waals surface area contributed by atoms with Crippen molar-refractivity contribution in [2.45, 2.75) is 6.61 Å². The van der Waals surface area contributed by atoms with Crippen molar-refractivity contribution in [3.63, 3.8) is 0 Å². The number of aromatic nitrogens is 2. The summed E-state index contributed by atoms with van der Waals surface area (Å²) < 4.78 is 2.81. The third-order valence-corrected chi connectivity index (χ3v) is 3.54. The molecule has 0 unspecified atom stereocenters. The molecule has 4 heteroatoms. The number of aliphatic hydroxyl groups excluding tert-OH is 1. The molecule has 3 nitrogen and oxygen atoms in total. The molecule has 90 valence electrons. The maximum Gasteiger partial charge on any atom is 0.0795 e. The van der Waals surface area contributed by atoms with Gasteiger partial charge < -0.3 is 5.11 Å². The van der Waals surface area contributed by atoms with Crippen LogP contribution in [-0.4, -0.2) is 14.9 Å². The summed E-state index contributed by atoms with van der Waals surface area (Å²) in [5.41, 5.74) is 2.91. The summed E-state index contributed by atoms with van der Waals surface area (Å²) in [5.74, 6) is 0. The van der Waals surface area contributed by atoms with Gasteiger partial charge in [0.1, 0.15) is 0 Å². The van der Waals surface area contributed by atoms with Crippen molar-refractivity contribution >= 4 is 26.8 Å². The normalized spacial score (nSPS) is 11.0. The van der Waals surface area contributed by atoms with E-state index >= 15 is 0 Å². The first-order chi connectivity index (χ1) is 8.79. The Labute approximate surface area is 113 Å².